The zero-order chi connectivity index (χ0) is 22.9. The first-order valence-electron chi connectivity index (χ1n) is 9.41. The number of benzene rings is 3. The lowest BCUT2D eigenvalue weighted by Gasteiger charge is -2.13. The van der Waals surface area contributed by atoms with Crippen molar-refractivity contribution in [2.45, 2.75) is 12.6 Å². The number of hydrogen-bond acceptors (Lipinski definition) is 4. The van der Waals surface area contributed by atoms with Gasteiger partial charge in [0.15, 0.2) is 0 Å². The van der Waals surface area contributed by atoms with Gasteiger partial charge in [0, 0.05) is 10.5 Å². The van der Waals surface area contributed by atoms with Crippen molar-refractivity contribution in [1.82, 2.24) is 0 Å². The highest BCUT2D eigenvalue weighted by Gasteiger charge is 2.39. The summed E-state index contributed by atoms with van der Waals surface area (Å²) in [4.78, 5) is 25.2. The quantitative estimate of drug-likeness (QED) is 0.239. The molecule has 1 heterocycles. The molecule has 0 aliphatic carbocycles. The van der Waals surface area contributed by atoms with Gasteiger partial charge in [-0.2, -0.15) is 13.2 Å². The third kappa shape index (κ3) is 4.60. The Morgan fingerprint density at radius 3 is 2.31 bits per heavy atom. The molecule has 0 aliphatic rings. The maximum absolute atomic E-state index is 13.7. The summed E-state index contributed by atoms with van der Waals surface area (Å²) in [5.74, 6) is -2.03. The van der Waals surface area contributed by atoms with Crippen molar-refractivity contribution in [3.8, 4) is 16.9 Å². The lowest BCUT2D eigenvalue weighted by molar-refractivity contribution is -0.152. The molecule has 3 aromatic carbocycles. The molecular weight excluding hydrogens is 489 g/mol. The van der Waals surface area contributed by atoms with Gasteiger partial charge in [-0.15, -0.1) is 0 Å². The van der Waals surface area contributed by atoms with Crippen LogP contribution in [-0.4, -0.2) is 5.97 Å². The number of carbonyl (C=O) groups is 1. The van der Waals surface area contributed by atoms with E-state index in [1.807, 2.05) is 0 Å². The van der Waals surface area contributed by atoms with Gasteiger partial charge in [-0.25, -0.2) is 0 Å². The van der Waals surface area contributed by atoms with Crippen molar-refractivity contribution in [2.24, 2.45) is 0 Å². The van der Waals surface area contributed by atoms with E-state index in [9.17, 15) is 22.8 Å². The second-order valence-corrected chi connectivity index (χ2v) is 7.85. The number of hydrogen-bond donors (Lipinski definition) is 0. The second kappa shape index (κ2) is 8.63. The second-order valence-electron chi connectivity index (χ2n) is 6.93. The van der Waals surface area contributed by atoms with E-state index in [1.54, 1.807) is 30.3 Å². The Labute approximate surface area is 188 Å². The summed E-state index contributed by atoms with van der Waals surface area (Å²) in [5.41, 5.74) is -0.930. The molecule has 0 N–H and O–H groups in total. The van der Waals surface area contributed by atoms with E-state index < -0.39 is 28.9 Å². The summed E-state index contributed by atoms with van der Waals surface area (Å²) >= 11 is 3.22. The van der Waals surface area contributed by atoms with Crippen LogP contribution in [0.15, 0.2) is 86.5 Å². The van der Waals surface area contributed by atoms with Crippen LogP contribution < -0.4 is 10.2 Å². The van der Waals surface area contributed by atoms with Crippen LogP contribution in [0, 0.1) is 0 Å². The average molecular weight is 503 g/mol. The minimum absolute atomic E-state index is 0.0148. The summed E-state index contributed by atoms with van der Waals surface area (Å²) in [6.07, 6.45) is -4.92. The van der Waals surface area contributed by atoms with Crippen molar-refractivity contribution < 1.29 is 27.1 Å². The smallest absolute Gasteiger partial charge is 0.450 e. The first kappa shape index (κ1) is 21.8. The molecule has 8 heteroatoms. The van der Waals surface area contributed by atoms with Crippen LogP contribution in [0.3, 0.4) is 0 Å². The maximum atomic E-state index is 13.7. The van der Waals surface area contributed by atoms with E-state index in [0.717, 1.165) is 11.6 Å². The van der Waals surface area contributed by atoms with Crippen molar-refractivity contribution in [2.75, 3.05) is 0 Å². The normalized spacial score (nSPS) is 11.5. The molecule has 0 spiro atoms. The van der Waals surface area contributed by atoms with Crippen LogP contribution in [0.1, 0.15) is 11.3 Å². The van der Waals surface area contributed by atoms with Crippen LogP contribution in [-0.2, 0) is 17.4 Å². The average Bonchev–Trinajstić information content (AvgIpc) is 2.74. The predicted octanol–water partition coefficient (Wildman–Crippen LogP) is 6.39. The number of ether oxygens (including phenoxy) is 1. The third-order valence-corrected chi connectivity index (χ3v) is 5.21. The SMILES string of the molecule is O=C(Cc1ccccc1)Oc1ccc2c(=O)c(-c3ccc(Br)cc3)c(C(F)(F)F)oc2c1. The van der Waals surface area contributed by atoms with Crippen molar-refractivity contribution in [1.29, 1.82) is 0 Å². The summed E-state index contributed by atoms with van der Waals surface area (Å²) in [6.45, 7) is 0. The van der Waals surface area contributed by atoms with Crippen LogP contribution in [0.2, 0.25) is 0 Å². The van der Waals surface area contributed by atoms with Crippen molar-refractivity contribution in [3.63, 3.8) is 0 Å². The van der Waals surface area contributed by atoms with E-state index in [1.165, 1.54) is 36.4 Å². The minimum atomic E-state index is -4.91. The number of alkyl halides is 3. The molecule has 0 radical (unpaired) electrons. The van der Waals surface area contributed by atoms with Crippen LogP contribution >= 0.6 is 15.9 Å². The summed E-state index contributed by atoms with van der Waals surface area (Å²) < 4.78 is 52.3. The molecule has 0 saturated carbocycles. The predicted molar refractivity (Wildman–Crippen MR) is 116 cm³/mol. The number of fused-ring (bicyclic) bond motifs is 1. The number of rotatable bonds is 4. The van der Waals surface area contributed by atoms with Crippen molar-refractivity contribution >= 4 is 32.9 Å². The van der Waals surface area contributed by atoms with Crippen LogP contribution in [0.5, 0.6) is 5.75 Å². The summed E-state index contributed by atoms with van der Waals surface area (Å²) in [6, 6.07) is 18.5. The van der Waals surface area contributed by atoms with Gasteiger partial charge in [0.1, 0.15) is 11.3 Å². The molecule has 0 saturated heterocycles. The highest BCUT2D eigenvalue weighted by molar-refractivity contribution is 9.10. The molecule has 32 heavy (non-hydrogen) atoms. The Balaban J connectivity index is 1.75. The zero-order valence-electron chi connectivity index (χ0n) is 16.3. The fourth-order valence-corrected chi connectivity index (χ4v) is 3.51. The number of esters is 1. The van der Waals surface area contributed by atoms with Gasteiger partial charge >= 0.3 is 12.1 Å². The first-order chi connectivity index (χ1) is 15.2. The van der Waals surface area contributed by atoms with Gasteiger partial charge in [-0.05, 0) is 35.4 Å². The molecule has 4 rings (SSSR count). The third-order valence-electron chi connectivity index (χ3n) is 4.68. The molecule has 0 aliphatic heterocycles. The first-order valence-corrected chi connectivity index (χ1v) is 10.2. The van der Waals surface area contributed by atoms with Gasteiger partial charge in [0.2, 0.25) is 11.2 Å². The van der Waals surface area contributed by atoms with Gasteiger partial charge in [-0.3, -0.25) is 9.59 Å². The lowest BCUT2D eigenvalue weighted by atomic mass is 10.0. The van der Waals surface area contributed by atoms with E-state index in [-0.39, 0.29) is 28.7 Å². The number of halogens is 4. The van der Waals surface area contributed by atoms with E-state index in [2.05, 4.69) is 15.9 Å². The van der Waals surface area contributed by atoms with Gasteiger partial charge in [-0.1, -0.05) is 58.4 Å². The van der Waals surface area contributed by atoms with Gasteiger partial charge in [0.05, 0.1) is 17.4 Å². The van der Waals surface area contributed by atoms with E-state index in [0.29, 0.717) is 4.47 Å². The fourth-order valence-electron chi connectivity index (χ4n) is 3.25. The lowest BCUT2D eigenvalue weighted by Crippen LogP contribution is -2.16. The molecule has 0 amide bonds. The Morgan fingerprint density at radius 1 is 0.969 bits per heavy atom. The van der Waals surface area contributed by atoms with Crippen LogP contribution in [0.25, 0.3) is 22.1 Å². The molecule has 1 aromatic heterocycles. The Kier molecular flexibility index (Phi) is 5.88. The molecule has 0 fully saturated rings. The Hall–Kier alpha value is -3.39. The van der Waals surface area contributed by atoms with E-state index >= 15 is 0 Å². The molecule has 0 unspecified atom stereocenters. The van der Waals surface area contributed by atoms with Gasteiger partial charge in [0.25, 0.3) is 0 Å². The molecular formula is C24H14BrF3O4. The molecule has 0 bridgehead atoms. The molecule has 0 atom stereocenters. The Morgan fingerprint density at radius 2 is 1.66 bits per heavy atom. The summed E-state index contributed by atoms with van der Waals surface area (Å²) in [5, 5.41) is -0.0567. The number of carbonyl (C=O) groups excluding carboxylic acids is 1. The monoisotopic (exact) mass is 502 g/mol. The molecule has 4 aromatic rings. The highest BCUT2D eigenvalue weighted by Crippen LogP contribution is 2.38. The van der Waals surface area contributed by atoms with Crippen molar-refractivity contribution in [3.05, 3.63) is 98.8 Å². The van der Waals surface area contributed by atoms with Crippen LogP contribution in [0.4, 0.5) is 13.2 Å². The minimum Gasteiger partial charge on any atom is -0.450 e. The molecule has 162 valence electrons. The highest BCUT2D eigenvalue weighted by atomic mass is 79.9. The maximum Gasteiger partial charge on any atom is 0.450 e. The Bertz CT molecular complexity index is 1340. The largest absolute Gasteiger partial charge is 0.450 e. The topological polar surface area (TPSA) is 56.5 Å². The summed E-state index contributed by atoms with van der Waals surface area (Å²) in [7, 11) is 0. The van der Waals surface area contributed by atoms with Gasteiger partial charge < -0.3 is 9.15 Å². The molecule has 4 nitrogen and oxygen atoms in total. The fraction of sp³-hybridized carbons (Fsp3) is 0.0833. The zero-order valence-corrected chi connectivity index (χ0v) is 17.9. The van der Waals surface area contributed by atoms with E-state index in [4.69, 9.17) is 9.15 Å². The standard InChI is InChI=1S/C24H14BrF3O4/c25-16-8-6-15(7-9-16)21-22(30)18-11-10-17(13-19(18)32-23(21)24(26,27)28)31-20(29)12-14-4-2-1-3-5-14/h1-11,13H,12H2.